The van der Waals surface area contributed by atoms with E-state index in [4.69, 9.17) is 23.4 Å². The molecule has 1 aliphatic rings. The highest BCUT2D eigenvalue weighted by Crippen LogP contribution is 2.37. The van der Waals surface area contributed by atoms with Crippen molar-refractivity contribution in [2.24, 2.45) is 0 Å². The van der Waals surface area contributed by atoms with Crippen LogP contribution in [0.3, 0.4) is 0 Å². The van der Waals surface area contributed by atoms with Crippen LogP contribution in [0, 0.1) is 0 Å². The lowest BCUT2D eigenvalue weighted by molar-refractivity contribution is 0.476. The Labute approximate surface area is 120 Å². The van der Waals surface area contributed by atoms with Crippen molar-refractivity contribution in [3.05, 3.63) is 18.2 Å². The van der Waals surface area contributed by atoms with Gasteiger partial charge in [-0.15, -0.1) is 15.8 Å². The van der Waals surface area contributed by atoms with Crippen molar-refractivity contribution in [1.29, 1.82) is 0 Å². The van der Waals surface area contributed by atoms with Gasteiger partial charge in [-0.05, 0) is 41.9 Å². The molecule has 5 nitrogen and oxygen atoms in total. The minimum atomic E-state index is -3.64. The molecular weight excluding hydrogens is 317 g/mol. The molecule has 1 unspecified atom stereocenters. The lowest BCUT2D eigenvalue weighted by Gasteiger charge is -2.33. The van der Waals surface area contributed by atoms with Gasteiger partial charge in [-0.25, -0.2) is 12.7 Å². The van der Waals surface area contributed by atoms with Crippen LogP contribution >= 0.6 is 35.3 Å². The smallest absolute Gasteiger partial charge is 0.253 e. The molecule has 2 rings (SSSR count). The SMILES string of the molecule is CN1Sc2cc(S(=O)(=O)NCl)ccc2NC1CCl. The highest BCUT2D eigenvalue weighted by atomic mass is 35.5. The summed E-state index contributed by atoms with van der Waals surface area (Å²) in [5.41, 5.74) is 0.859. The summed E-state index contributed by atoms with van der Waals surface area (Å²) in [6, 6.07) is 4.77. The largest absolute Gasteiger partial charge is 0.367 e. The lowest BCUT2D eigenvalue weighted by Crippen LogP contribution is -2.38. The van der Waals surface area contributed by atoms with Gasteiger partial charge >= 0.3 is 0 Å². The minimum absolute atomic E-state index is 0.0118. The van der Waals surface area contributed by atoms with Crippen LogP contribution in [-0.4, -0.2) is 31.8 Å². The highest BCUT2D eigenvalue weighted by molar-refractivity contribution is 7.97. The summed E-state index contributed by atoms with van der Waals surface area (Å²) in [6.07, 6.45) is 0.0118. The molecule has 2 N–H and O–H groups in total. The van der Waals surface area contributed by atoms with Gasteiger partial charge in [0.05, 0.1) is 16.5 Å². The van der Waals surface area contributed by atoms with Crippen LogP contribution in [0.2, 0.25) is 0 Å². The third-order valence-corrected chi connectivity index (χ3v) is 5.57. The molecule has 1 atom stereocenters. The van der Waals surface area contributed by atoms with Crippen molar-refractivity contribution in [2.75, 3.05) is 18.2 Å². The van der Waals surface area contributed by atoms with Crippen LogP contribution < -0.4 is 9.56 Å². The molecule has 9 heteroatoms. The van der Waals surface area contributed by atoms with Crippen molar-refractivity contribution in [3.8, 4) is 0 Å². The number of halogens is 2. The summed E-state index contributed by atoms with van der Waals surface area (Å²) in [4.78, 5) is 0.940. The third kappa shape index (κ3) is 2.71. The van der Waals surface area contributed by atoms with Gasteiger partial charge in [-0.2, -0.15) is 0 Å². The second-order valence-electron chi connectivity index (χ2n) is 3.69. The fraction of sp³-hybridized carbons (Fsp3) is 0.333. The second kappa shape index (κ2) is 5.44. The van der Waals surface area contributed by atoms with E-state index in [1.165, 1.54) is 18.0 Å². The number of hydrogen-bond acceptors (Lipinski definition) is 5. The Hall–Kier alpha value is -0.180. The molecule has 0 aliphatic carbocycles. The molecule has 0 radical (unpaired) electrons. The zero-order valence-corrected chi connectivity index (χ0v) is 12.5. The van der Waals surface area contributed by atoms with Crippen LogP contribution in [0.5, 0.6) is 0 Å². The van der Waals surface area contributed by atoms with Gasteiger partial charge in [-0.1, -0.05) is 0 Å². The number of anilines is 1. The maximum Gasteiger partial charge on any atom is 0.253 e. The Morgan fingerprint density at radius 1 is 1.56 bits per heavy atom. The Balaban J connectivity index is 2.38. The molecule has 0 aromatic heterocycles. The maximum absolute atomic E-state index is 11.6. The first kappa shape index (κ1) is 14.2. The van der Waals surface area contributed by atoms with Crippen molar-refractivity contribution < 1.29 is 8.42 Å². The summed E-state index contributed by atoms with van der Waals surface area (Å²) in [5, 5.41) is 3.22. The first-order valence-corrected chi connectivity index (χ1v) is 8.14. The van der Waals surface area contributed by atoms with E-state index in [0.717, 1.165) is 10.6 Å². The number of benzene rings is 1. The molecule has 0 spiro atoms. The third-order valence-electron chi connectivity index (χ3n) is 2.51. The quantitative estimate of drug-likeness (QED) is 0.505. The molecule has 0 fully saturated rings. The maximum atomic E-state index is 11.6. The van der Waals surface area contributed by atoms with E-state index in [2.05, 4.69) is 5.32 Å². The van der Waals surface area contributed by atoms with E-state index in [9.17, 15) is 8.42 Å². The van der Waals surface area contributed by atoms with Gasteiger partial charge < -0.3 is 5.32 Å². The number of hydrogen-bond donors (Lipinski definition) is 2. The lowest BCUT2D eigenvalue weighted by atomic mass is 10.3. The first-order chi connectivity index (χ1) is 8.47. The van der Waals surface area contributed by atoms with Gasteiger partial charge in [0.25, 0.3) is 10.0 Å². The second-order valence-corrected chi connectivity index (χ2v) is 7.29. The van der Waals surface area contributed by atoms with Crippen LogP contribution in [0.25, 0.3) is 0 Å². The Morgan fingerprint density at radius 3 is 2.89 bits per heavy atom. The number of rotatable bonds is 3. The molecule has 1 aromatic carbocycles. The summed E-state index contributed by atoms with van der Waals surface area (Å²) in [6.45, 7) is 0. The van der Waals surface area contributed by atoms with Gasteiger partial charge in [0.2, 0.25) is 0 Å². The monoisotopic (exact) mass is 327 g/mol. The molecular formula is C9H11Cl2N3O2S2. The van der Waals surface area contributed by atoms with Gasteiger partial charge in [0, 0.05) is 11.9 Å². The van der Waals surface area contributed by atoms with Crippen molar-refractivity contribution in [2.45, 2.75) is 16.0 Å². The van der Waals surface area contributed by atoms with E-state index in [1.54, 1.807) is 16.4 Å². The van der Waals surface area contributed by atoms with Crippen molar-refractivity contribution in [3.63, 3.8) is 0 Å². The van der Waals surface area contributed by atoms with E-state index >= 15 is 0 Å². The molecule has 1 aromatic rings. The Bertz CT molecular complexity index is 553. The van der Waals surface area contributed by atoms with E-state index in [0.29, 0.717) is 5.88 Å². The van der Waals surface area contributed by atoms with Crippen molar-refractivity contribution >= 4 is 51.0 Å². The average Bonchev–Trinajstić information content (AvgIpc) is 2.37. The summed E-state index contributed by atoms with van der Waals surface area (Å²) >= 11 is 12.5. The Kier molecular flexibility index (Phi) is 4.30. The van der Waals surface area contributed by atoms with Gasteiger partial charge in [-0.3, -0.25) is 0 Å². The molecule has 0 bridgehead atoms. The summed E-state index contributed by atoms with van der Waals surface area (Å²) in [5.74, 6) is 0.437. The van der Waals surface area contributed by atoms with E-state index in [-0.39, 0.29) is 11.1 Å². The standard InChI is InChI=1S/C9H11Cl2N3O2S2/c1-14-9(5-10)12-7-3-2-6(4-8(7)17-14)18(15,16)13-11/h2-4,9,12-13H,5H2,1H3. The normalized spacial score (nSPS) is 20.3. The molecule has 18 heavy (non-hydrogen) atoms. The number of nitrogens with one attached hydrogen (secondary N) is 2. The van der Waals surface area contributed by atoms with Crippen LogP contribution in [0.1, 0.15) is 0 Å². The molecule has 100 valence electrons. The number of alkyl halides is 1. The number of nitrogens with zero attached hydrogens (tertiary/aromatic N) is 1. The van der Waals surface area contributed by atoms with E-state index in [1.807, 2.05) is 11.4 Å². The molecule has 1 aliphatic heterocycles. The predicted octanol–water partition coefficient (Wildman–Crippen LogP) is 2.05. The van der Waals surface area contributed by atoms with Crippen LogP contribution in [0.4, 0.5) is 5.69 Å². The van der Waals surface area contributed by atoms with Gasteiger partial charge in [0.1, 0.15) is 6.17 Å². The summed E-state index contributed by atoms with van der Waals surface area (Å²) < 4.78 is 26.9. The molecule has 0 saturated carbocycles. The van der Waals surface area contributed by atoms with Crippen molar-refractivity contribution in [1.82, 2.24) is 8.55 Å². The van der Waals surface area contributed by atoms with E-state index < -0.39 is 10.0 Å². The minimum Gasteiger partial charge on any atom is -0.367 e. The zero-order chi connectivity index (χ0) is 13.3. The molecule has 0 saturated heterocycles. The predicted molar refractivity (Wildman–Crippen MR) is 74.4 cm³/mol. The first-order valence-electron chi connectivity index (χ1n) is 4.97. The number of sulfonamides is 1. The zero-order valence-electron chi connectivity index (χ0n) is 9.35. The summed E-state index contributed by atoms with van der Waals surface area (Å²) in [7, 11) is -1.75. The highest BCUT2D eigenvalue weighted by Gasteiger charge is 2.24. The fourth-order valence-corrected chi connectivity index (χ4v) is 3.82. The van der Waals surface area contributed by atoms with Crippen LogP contribution in [-0.2, 0) is 10.0 Å². The number of fused-ring (bicyclic) bond motifs is 1. The topological polar surface area (TPSA) is 61.4 Å². The van der Waals surface area contributed by atoms with Gasteiger partial charge in [0.15, 0.2) is 0 Å². The molecule has 1 heterocycles. The fourth-order valence-electron chi connectivity index (χ4n) is 1.53. The molecule has 0 amide bonds. The average molecular weight is 328 g/mol. The van der Waals surface area contributed by atoms with Crippen LogP contribution in [0.15, 0.2) is 28.0 Å². The Morgan fingerprint density at radius 2 is 2.28 bits per heavy atom.